The Bertz CT molecular complexity index is 440. The Balaban J connectivity index is 0.00000180. The third-order valence-corrected chi connectivity index (χ3v) is 3.55. The summed E-state index contributed by atoms with van der Waals surface area (Å²) in [6.07, 6.45) is 2.23. The zero-order chi connectivity index (χ0) is 13.1. The van der Waals surface area contributed by atoms with Gasteiger partial charge in [-0.1, -0.05) is 6.07 Å². The van der Waals surface area contributed by atoms with Crippen molar-refractivity contribution in [1.82, 2.24) is 9.80 Å². The highest BCUT2D eigenvalue weighted by Crippen LogP contribution is 2.17. The van der Waals surface area contributed by atoms with Crippen LogP contribution in [0.1, 0.15) is 23.2 Å². The number of anilines is 1. The Labute approximate surface area is 133 Å². The summed E-state index contributed by atoms with van der Waals surface area (Å²) >= 11 is 0. The van der Waals surface area contributed by atoms with Crippen LogP contribution in [0.25, 0.3) is 0 Å². The van der Waals surface area contributed by atoms with Gasteiger partial charge in [0.25, 0.3) is 5.91 Å². The molecule has 4 nitrogen and oxygen atoms in total. The average Bonchev–Trinajstić information content (AvgIpc) is 2.38. The quantitative estimate of drug-likeness (QED) is 0.851. The van der Waals surface area contributed by atoms with Crippen LogP contribution in [0.4, 0.5) is 5.69 Å². The van der Waals surface area contributed by atoms with E-state index in [2.05, 4.69) is 19.0 Å². The molecule has 1 fully saturated rings. The van der Waals surface area contributed by atoms with E-state index in [0.717, 1.165) is 25.9 Å². The Morgan fingerprint density at radius 2 is 2.05 bits per heavy atom. The van der Waals surface area contributed by atoms with E-state index in [1.54, 1.807) is 12.1 Å². The van der Waals surface area contributed by atoms with Crippen molar-refractivity contribution in [2.24, 2.45) is 0 Å². The second kappa shape index (κ2) is 8.35. The maximum absolute atomic E-state index is 12.4. The van der Waals surface area contributed by atoms with Crippen LogP contribution in [-0.4, -0.2) is 48.9 Å². The summed E-state index contributed by atoms with van der Waals surface area (Å²) in [5.74, 6) is 0.0915. The fourth-order valence-corrected chi connectivity index (χ4v) is 2.41. The lowest BCUT2D eigenvalue weighted by Gasteiger charge is -2.36. The highest BCUT2D eigenvalue weighted by Gasteiger charge is 2.25. The first-order valence-electron chi connectivity index (χ1n) is 6.39. The van der Waals surface area contributed by atoms with Crippen LogP contribution in [0.3, 0.4) is 0 Å². The Kier molecular flexibility index (Phi) is 7.94. The Morgan fingerprint density at radius 1 is 1.35 bits per heavy atom. The molecule has 1 aromatic carbocycles. The number of nitrogen functional groups attached to an aromatic ring is 1. The van der Waals surface area contributed by atoms with E-state index in [0.29, 0.717) is 17.3 Å². The molecule has 114 valence electrons. The minimum absolute atomic E-state index is 0. The zero-order valence-electron chi connectivity index (χ0n) is 11.9. The fourth-order valence-electron chi connectivity index (χ4n) is 2.41. The number of piperidine rings is 1. The van der Waals surface area contributed by atoms with Crippen LogP contribution in [0.5, 0.6) is 0 Å². The lowest BCUT2D eigenvalue weighted by molar-refractivity contribution is 0.0635. The third-order valence-electron chi connectivity index (χ3n) is 3.55. The number of likely N-dealkylation sites (tertiary alicyclic amines) is 1. The van der Waals surface area contributed by atoms with Gasteiger partial charge in [0.15, 0.2) is 0 Å². The van der Waals surface area contributed by atoms with Crippen molar-refractivity contribution in [2.75, 3.05) is 32.9 Å². The number of nitrogens with two attached hydrogens (primary N) is 1. The van der Waals surface area contributed by atoms with Crippen LogP contribution in [0, 0.1) is 0 Å². The summed E-state index contributed by atoms with van der Waals surface area (Å²) in [5.41, 5.74) is 7.05. The summed E-state index contributed by atoms with van der Waals surface area (Å²) in [5, 5.41) is 0. The van der Waals surface area contributed by atoms with Crippen molar-refractivity contribution in [3.8, 4) is 0 Å². The molecule has 0 bridgehead atoms. The lowest BCUT2D eigenvalue weighted by atomic mass is 10.0. The molecule has 0 aliphatic carbocycles. The molecule has 1 unspecified atom stereocenters. The van der Waals surface area contributed by atoms with Gasteiger partial charge in [-0.15, -0.1) is 24.8 Å². The van der Waals surface area contributed by atoms with Gasteiger partial charge in [-0.3, -0.25) is 4.79 Å². The minimum atomic E-state index is 0. The van der Waals surface area contributed by atoms with E-state index >= 15 is 0 Å². The molecule has 1 atom stereocenters. The van der Waals surface area contributed by atoms with Gasteiger partial charge < -0.3 is 15.5 Å². The first-order valence-corrected chi connectivity index (χ1v) is 6.39. The highest BCUT2D eigenvalue weighted by molar-refractivity contribution is 5.95. The molecule has 0 spiro atoms. The van der Waals surface area contributed by atoms with Crippen molar-refractivity contribution in [3.63, 3.8) is 0 Å². The van der Waals surface area contributed by atoms with Crippen molar-refractivity contribution < 1.29 is 4.79 Å². The molecule has 0 saturated carbocycles. The maximum Gasteiger partial charge on any atom is 0.253 e. The Morgan fingerprint density at radius 3 is 2.65 bits per heavy atom. The van der Waals surface area contributed by atoms with Crippen LogP contribution >= 0.6 is 24.8 Å². The topological polar surface area (TPSA) is 49.6 Å². The first kappa shape index (κ1) is 19.0. The number of halogens is 2. The lowest BCUT2D eigenvalue weighted by Crippen LogP contribution is -2.47. The molecule has 2 rings (SSSR count). The van der Waals surface area contributed by atoms with E-state index in [-0.39, 0.29) is 30.7 Å². The summed E-state index contributed by atoms with van der Waals surface area (Å²) in [4.78, 5) is 16.5. The van der Waals surface area contributed by atoms with E-state index in [1.165, 1.54) is 0 Å². The monoisotopic (exact) mass is 319 g/mol. The standard InChI is InChI=1S/C14H21N3O.2ClH/c1-16(2)13-7-4-8-17(10-13)14(18)11-5-3-6-12(15)9-11;;/h3,5-6,9,13H,4,7-8,10,15H2,1-2H3;2*1H. The van der Waals surface area contributed by atoms with E-state index < -0.39 is 0 Å². The Hall–Kier alpha value is -0.970. The molecule has 0 radical (unpaired) electrons. The molecule has 0 aromatic heterocycles. The third kappa shape index (κ3) is 4.54. The number of nitrogens with zero attached hydrogens (tertiary/aromatic N) is 2. The van der Waals surface area contributed by atoms with Crippen molar-refractivity contribution in [1.29, 1.82) is 0 Å². The fraction of sp³-hybridized carbons (Fsp3) is 0.500. The largest absolute Gasteiger partial charge is 0.399 e. The molecule has 1 aliphatic rings. The molecule has 20 heavy (non-hydrogen) atoms. The second-order valence-corrected chi connectivity index (χ2v) is 5.14. The number of hydrogen-bond donors (Lipinski definition) is 1. The molecular formula is C14H23Cl2N3O. The SMILES string of the molecule is CN(C)C1CCCN(C(=O)c2cccc(N)c2)C1.Cl.Cl. The predicted molar refractivity (Wildman–Crippen MR) is 88.0 cm³/mol. The van der Waals surface area contributed by atoms with Crippen molar-refractivity contribution in [2.45, 2.75) is 18.9 Å². The van der Waals surface area contributed by atoms with Gasteiger partial charge in [-0.25, -0.2) is 0 Å². The van der Waals surface area contributed by atoms with Crippen LogP contribution in [0.2, 0.25) is 0 Å². The first-order chi connectivity index (χ1) is 8.58. The molecular weight excluding hydrogens is 297 g/mol. The molecule has 1 saturated heterocycles. The van der Waals surface area contributed by atoms with Gasteiger partial charge in [0.05, 0.1) is 0 Å². The number of benzene rings is 1. The number of carbonyl (C=O) groups is 1. The van der Waals surface area contributed by atoms with Gasteiger partial charge >= 0.3 is 0 Å². The number of carbonyl (C=O) groups excluding carboxylic acids is 1. The number of likely N-dealkylation sites (N-methyl/N-ethyl adjacent to an activating group) is 1. The maximum atomic E-state index is 12.4. The van der Waals surface area contributed by atoms with Crippen molar-refractivity contribution >= 4 is 36.4 Å². The normalized spacial score (nSPS) is 18.1. The van der Waals surface area contributed by atoms with Gasteiger partial charge in [0.2, 0.25) is 0 Å². The number of hydrogen-bond acceptors (Lipinski definition) is 3. The molecule has 1 aliphatic heterocycles. The molecule has 6 heteroatoms. The van der Waals surface area contributed by atoms with E-state index in [1.807, 2.05) is 17.0 Å². The van der Waals surface area contributed by atoms with Gasteiger partial charge in [0, 0.05) is 30.4 Å². The molecule has 2 N–H and O–H groups in total. The van der Waals surface area contributed by atoms with Gasteiger partial charge in [0.1, 0.15) is 0 Å². The van der Waals surface area contributed by atoms with E-state index in [9.17, 15) is 4.79 Å². The molecule has 1 aromatic rings. The van der Waals surface area contributed by atoms with Gasteiger partial charge in [-0.2, -0.15) is 0 Å². The van der Waals surface area contributed by atoms with Gasteiger partial charge in [-0.05, 0) is 45.1 Å². The number of amides is 1. The zero-order valence-corrected chi connectivity index (χ0v) is 13.5. The molecule has 1 heterocycles. The predicted octanol–water partition coefficient (Wildman–Crippen LogP) is 2.28. The minimum Gasteiger partial charge on any atom is -0.399 e. The molecule has 1 amide bonds. The van der Waals surface area contributed by atoms with Crippen LogP contribution < -0.4 is 5.73 Å². The van der Waals surface area contributed by atoms with Crippen molar-refractivity contribution in [3.05, 3.63) is 29.8 Å². The smallest absolute Gasteiger partial charge is 0.253 e. The second-order valence-electron chi connectivity index (χ2n) is 5.14. The van der Waals surface area contributed by atoms with Crippen LogP contribution in [-0.2, 0) is 0 Å². The van der Waals surface area contributed by atoms with E-state index in [4.69, 9.17) is 5.73 Å². The average molecular weight is 320 g/mol. The van der Waals surface area contributed by atoms with Crippen LogP contribution in [0.15, 0.2) is 24.3 Å². The number of rotatable bonds is 2. The summed E-state index contributed by atoms with van der Waals surface area (Å²) in [7, 11) is 4.14. The summed E-state index contributed by atoms with van der Waals surface area (Å²) in [6, 6.07) is 7.68. The highest BCUT2D eigenvalue weighted by atomic mass is 35.5. The summed E-state index contributed by atoms with van der Waals surface area (Å²) in [6.45, 7) is 1.65. The summed E-state index contributed by atoms with van der Waals surface area (Å²) < 4.78 is 0.